The van der Waals surface area contributed by atoms with E-state index in [0.29, 0.717) is 0 Å². The monoisotopic (exact) mass is 194 g/mol. The van der Waals surface area contributed by atoms with Gasteiger partial charge in [0.25, 0.3) is 0 Å². The van der Waals surface area contributed by atoms with Gasteiger partial charge >= 0.3 is 12.0 Å². The summed E-state index contributed by atoms with van der Waals surface area (Å²) in [5.41, 5.74) is 5.46. The summed E-state index contributed by atoms with van der Waals surface area (Å²) in [7, 11) is 0. The van der Waals surface area contributed by atoms with Gasteiger partial charge in [0, 0.05) is 0 Å². The molecule has 1 aromatic carbocycles. The molecule has 2 aromatic rings. The Hall–Kier alpha value is -2.11. The molecule has 0 saturated carbocycles. The fraction of sp³-hybridized carbons (Fsp3) is 0. The van der Waals surface area contributed by atoms with Gasteiger partial charge in [0.15, 0.2) is 0 Å². The van der Waals surface area contributed by atoms with Gasteiger partial charge in [-0.15, -0.1) is 0 Å². The highest BCUT2D eigenvalue weighted by Crippen LogP contribution is 2.18. The van der Waals surface area contributed by atoms with Gasteiger partial charge in [-0.1, -0.05) is 22.3 Å². The number of nitrogen functional groups attached to an aromatic ring is 1. The van der Waals surface area contributed by atoms with Gasteiger partial charge in [0.05, 0.1) is 5.69 Å². The highest BCUT2D eigenvalue weighted by Gasteiger charge is 2.05. The molecule has 6 heteroatoms. The van der Waals surface area contributed by atoms with Crippen molar-refractivity contribution in [1.29, 1.82) is 0 Å². The first-order valence-corrected chi connectivity index (χ1v) is 3.86. The molecule has 0 atom stereocenters. The van der Waals surface area contributed by atoms with E-state index >= 15 is 0 Å². The molecule has 3 N–H and O–H groups in total. The number of halogens is 1. The lowest BCUT2D eigenvalue weighted by Gasteiger charge is -2.00. The Morgan fingerprint density at radius 3 is 2.71 bits per heavy atom. The molecule has 1 heterocycles. The topological polar surface area (TPSA) is 77.0 Å². The molecule has 0 spiro atoms. The predicted octanol–water partition coefficient (Wildman–Crippen LogP) is 1.53. The minimum Gasteiger partial charge on any atom is -0.389 e. The smallest absolute Gasteiger partial charge is 0.321 e. The van der Waals surface area contributed by atoms with Crippen LogP contribution in [-0.2, 0) is 0 Å². The summed E-state index contributed by atoms with van der Waals surface area (Å²) >= 11 is 0. The first-order chi connectivity index (χ1) is 6.75. The first kappa shape index (κ1) is 8.49. The van der Waals surface area contributed by atoms with Crippen molar-refractivity contribution in [3.63, 3.8) is 0 Å². The molecule has 14 heavy (non-hydrogen) atoms. The highest BCUT2D eigenvalue weighted by molar-refractivity contribution is 5.52. The van der Waals surface area contributed by atoms with Crippen LogP contribution in [0.3, 0.4) is 0 Å². The minimum absolute atomic E-state index is 0.0626. The Kier molecular flexibility index (Phi) is 2.02. The molecule has 1 aromatic heterocycles. The zero-order valence-corrected chi connectivity index (χ0v) is 7.07. The van der Waals surface area contributed by atoms with E-state index in [1.54, 1.807) is 18.2 Å². The van der Waals surface area contributed by atoms with Gasteiger partial charge < -0.3 is 15.5 Å². The normalized spacial score (nSPS) is 10.1. The fourth-order valence-corrected chi connectivity index (χ4v) is 0.963. The highest BCUT2D eigenvalue weighted by atomic mass is 19.1. The molecule has 0 unspecified atom stereocenters. The number of anilines is 3. The van der Waals surface area contributed by atoms with E-state index in [1.807, 2.05) is 0 Å². The SMILES string of the molecule is Nc1nnc(Nc2ccccc2F)o1. The lowest BCUT2D eigenvalue weighted by Crippen LogP contribution is -1.93. The number of nitrogens with two attached hydrogens (primary N) is 1. The second kappa shape index (κ2) is 3.33. The van der Waals surface area contributed by atoms with Crippen LogP contribution in [0.25, 0.3) is 0 Å². The zero-order chi connectivity index (χ0) is 9.97. The van der Waals surface area contributed by atoms with Gasteiger partial charge in [-0.2, -0.15) is 0 Å². The molecule has 0 bridgehead atoms. The van der Waals surface area contributed by atoms with Crippen LogP contribution in [0.15, 0.2) is 28.7 Å². The van der Waals surface area contributed by atoms with Crippen LogP contribution < -0.4 is 11.1 Å². The molecule has 0 aliphatic rings. The molecule has 0 fully saturated rings. The molecular formula is C8H7FN4O. The van der Waals surface area contributed by atoms with Crippen molar-refractivity contribution in [3.8, 4) is 0 Å². The van der Waals surface area contributed by atoms with E-state index in [2.05, 4.69) is 15.5 Å². The van der Waals surface area contributed by atoms with Crippen LogP contribution in [-0.4, -0.2) is 10.2 Å². The third-order valence-electron chi connectivity index (χ3n) is 1.56. The molecule has 2 rings (SSSR count). The van der Waals surface area contributed by atoms with Gasteiger partial charge in [-0.05, 0) is 12.1 Å². The first-order valence-electron chi connectivity index (χ1n) is 3.86. The molecule has 0 radical (unpaired) electrons. The molecule has 72 valence electrons. The standard InChI is InChI=1S/C8H7FN4O/c9-5-3-1-2-4-6(5)11-8-13-12-7(10)14-8/h1-4H,(H2,10,12)(H,11,13). The number of benzene rings is 1. The van der Waals surface area contributed by atoms with E-state index in [0.717, 1.165) is 0 Å². The van der Waals surface area contributed by atoms with Crippen molar-refractivity contribution in [3.05, 3.63) is 30.1 Å². The zero-order valence-electron chi connectivity index (χ0n) is 7.07. The van der Waals surface area contributed by atoms with Crippen molar-refractivity contribution in [2.24, 2.45) is 0 Å². The number of hydrogen-bond donors (Lipinski definition) is 2. The summed E-state index contributed by atoms with van der Waals surface area (Å²) in [5.74, 6) is -0.399. The lowest BCUT2D eigenvalue weighted by atomic mass is 10.3. The predicted molar refractivity (Wildman–Crippen MR) is 48.4 cm³/mol. The van der Waals surface area contributed by atoms with Gasteiger partial charge in [0.1, 0.15) is 5.82 Å². The Labute approximate surface area is 78.7 Å². The second-order valence-electron chi connectivity index (χ2n) is 2.55. The summed E-state index contributed by atoms with van der Waals surface area (Å²) in [5, 5.41) is 9.55. The van der Waals surface area contributed by atoms with Gasteiger partial charge in [-0.3, -0.25) is 0 Å². The summed E-state index contributed by atoms with van der Waals surface area (Å²) < 4.78 is 17.9. The van der Waals surface area contributed by atoms with Crippen molar-refractivity contribution < 1.29 is 8.81 Å². The molecule has 0 aliphatic carbocycles. The molecule has 5 nitrogen and oxygen atoms in total. The maximum Gasteiger partial charge on any atom is 0.321 e. The average molecular weight is 194 g/mol. The Balaban J connectivity index is 2.23. The number of hydrogen-bond acceptors (Lipinski definition) is 5. The second-order valence-corrected chi connectivity index (χ2v) is 2.55. The van der Waals surface area contributed by atoms with Crippen LogP contribution in [0.5, 0.6) is 0 Å². The van der Waals surface area contributed by atoms with E-state index in [9.17, 15) is 4.39 Å². The van der Waals surface area contributed by atoms with E-state index in [4.69, 9.17) is 10.2 Å². The van der Waals surface area contributed by atoms with E-state index in [-0.39, 0.29) is 17.7 Å². The Morgan fingerprint density at radius 2 is 2.07 bits per heavy atom. The molecule has 0 saturated heterocycles. The maximum atomic E-state index is 13.1. The van der Waals surface area contributed by atoms with Gasteiger partial charge in [0.2, 0.25) is 0 Å². The number of aromatic nitrogens is 2. The maximum absolute atomic E-state index is 13.1. The number of nitrogens with one attached hydrogen (secondary N) is 1. The molecular weight excluding hydrogens is 187 g/mol. The van der Waals surface area contributed by atoms with Crippen molar-refractivity contribution in [2.75, 3.05) is 11.1 Å². The van der Waals surface area contributed by atoms with Crippen LogP contribution in [0.2, 0.25) is 0 Å². The van der Waals surface area contributed by atoms with Crippen LogP contribution in [0.1, 0.15) is 0 Å². The molecule has 0 amide bonds. The number of rotatable bonds is 2. The number of para-hydroxylation sites is 1. The average Bonchev–Trinajstić information content (AvgIpc) is 2.56. The van der Waals surface area contributed by atoms with Crippen LogP contribution in [0, 0.1) is 5.82 Å². The Bertz CT molecular complexity index is 442. The van der Waals surface area contributed by atoms with Gasteiger partial charge in [-0.25, -0.2) is 4.39 Å². The lowest BCUT2D eigenvalue weighted by molar-refractivity contribution is 0.589. The minimum atomic E-state index is -0.399. The van der Waals surface area contributed by atoms with Crippen molar-refractivity contribution in [1.82, 2.24) is 10.2 Å². The summed E-state index contributed by atoms with van der Waals surface area (Å²) in [4.78, 5) is 0. The van der Waals surface area contributed by atoms with Crippen molar-refractivity contribution >= 4 is 17.7 Å². The van der Waals surface area contributed by atoms with Crippen LogP contribution >= 0.6 is 0 Å². The van der Waals surface area contributed by atoms with Crippen molar-refractivity contribution in [2.45, 2.75) is 0 Å². The summed E-state index contributed by atoms with van der Waals surface area (Å²) in [6.45, 7) is 0. The van der Waals surface area contributed by atoms with Crippen LogP contribution in [0.4, 0.5) is 22.1 Å². The van der Waals surface area contributed by atoms with E-state index < -0.39 is 5.82 Å². The third-order valence-corrected chi connectivity index (χ3v) is 1.56. The quantitative estimate of drug-likeness (QED) is 0.758. The summed E-state index contributed by atoms with van der Waals surface area (Å²) in [6, 6.07) is 6.14. The third kappa shape index (κ3) is 1.63. The summed E-state index contributed by atoms with van der Waals surface area (Å²) in [6.07, 6.45) is 0. The number of nitrogens with zero attached hydrogens (tertiary/aromatic N) is 2. The largest absolute Gasteiger partial charge is 0.389 e. The van der Waals surface area contributed by atoms with E-state index in [1.165, 1.54) is 6.07 Å². The molecule has 0 aliphatic heterocycles. The Morgan fingerprint density at radius 1 is 1.29 bits per heavy atom. The fourth-order valence-electron chi connectivity index (χ4n) is 0.963.